The van der Waals surface area contributed by atoms with Crippen LogP contribution in [0.1, 0.15) is 17.0 Å². The molecule has 0 spiro atoms. The summed E-state index contributed by atoms with van der Waals surface area (Å²) in [7, 11) is 5.06. The van der Waals surface area contributed by atoms with Crippen LogP contribution >= 0.6 is 0 Å². The molecule has 1 saturated heterocycles. The standard InChI is InChI=1S/C18H24N4O3/c1-11-5-16(24-3)17(25-4)6-15(11)21-18(23)14-9-19-8-13(14)12-7-20-22(2)10-12/h5-7,10,13-14,19H,8-9H2,1-4H3,(H,21,23)/t13-,14+/m1/s1. The highest BCUT2D eigenvalue weighted by molar-refractivity contribution is 5.94. The number of aryl methyl sites for hydroxylation is 2. The van der Waals surface area contributed by atoms with Gasteiger partial charge in [0.25, 0.3) is 0 Å². The number of ether oxygens (including phenoxy) is 2. The van der Waals surface area contributed by atoms with Gasteiger partial charge in [0.1, 0.15) is 0 Å². The fraction of sp³-hybridized carbons (Fsp3) is 0.444. The number of aromatic nitrogens is 2. The van der Waals surface area contributed by atoms with Crippen molar-refractivity contribution in [3.63, 3.8) is 0 Å². The van der Waals surface area contributed by atoms with E-state index in [1.807, 2.05) is 32.4 Å². The average molecular weight is 344 g/mol. The molecule has 0 aliphatic carbocycles. The number of amides is 1. The molecule has 7 heteroatoms. The van der Waals surface area contributed by atoms with E-state index in [1.54, 1.807) is 25.0 Å². The number of nitrogens with zero attached hydrogens (tertiary/aromatic N) is 2. The number of nitrogens with one attached hydrogen (secondary N) is 2. The Balaban J connectivity index is 1.80. The maximum Gasteiger partial charge on any atom is 0.229 e. The van der Waals surface area contributed by atoms with Crippen LogP contribution in [-0.4, -0.2) is 43.0 Å². The summed E-state index contributed by atoms with van der Waals surface area (Å²) < 4.78 is 12.4. The summed E-state index contributed by atoms with van der Waals surface area (Å²) in [6.07, 6.45) is 3.80. The number of rotatable bonds is 5. The minimum atomic E-state index is -0.142. The molecule has 0 radical (unpaired) electrons. The van der Waals surface area contributed by atoms with Crippen LogP contribution in [0.4, 0.5) is 5.69 Å². The molecule has 2 N–H and O–H groups in total. The highest BCUT2D eigenvalue weighted by Crippen LogP contribution is 2.34. The molecule has 1 aromatic heterocycles. The summed E-state index contributed by atoms with van der Waals surface area (Å²) in [6, 6.07) is 3.66. The van der Waals surface area contributed by atoms with E-state index in [1.165, 1.54) is 0 Å². The van der Waals surface area contributed by atoms with E-state index in [0.717, 1.165) is 23.4 Å². The van der Waals surface area contributed by atoms with Crippen molar-refractivity contribution in [2.24, 2.45) is 13.0 Å². The van der Waals surface area contributed by atoms with Crippen LogP contribution < -0.4 is 20.1 Å². The van der Waals surface area contributed by atoms with Gasteiger partial charge in [0.05, 0.1) is 26.3 Å². The maximum absolute atomic E-state index is 12.9. The summed E-state index contributed by atoms with van der Waals surface area (Å²) in [5.74, 6) is 1.21. The van der Waals surface area contributed by atoms with E-state index in [2.05, 4.69) is 15.7 Å². The van der Waals surface area contributed by atoms with Gasteiger partial charge in [-0.3, -0.25) is 9.48 Å². The molecule has 2 aromatic rings. The minimum absolute atomic E-state index is 0.00540. The highest BCUT2D eigenvalue weighted by atomic mass is 16.5. The SMILES string of the molecule is COc1cc(C)c(NC(=O)[C@H]2CNC[C@@H]2c2cnn(C)c2)cc1OC. The van der Waals surface area contributed by atoms with E-state index in [4.69, 9.17) is 9.47 Å². The molecule has 25 heavy (non-hydrogen) atoms. The predicted molar refractivity (Wildman–Crippen MR) is 95.2 cm³/mol. The summed E-state index contributed by atoms with van der Waals surface area (Å²) >= 11 is 0. The largest absolute Gasteiger partial charge is 0.493 e. The summed E-state index contributed by atoms with van der Waals surface area (Å²) in [4.78, 5) is 12.9. The third-order valence-electron chi connectivity index (χ3n) is 4.69. The molecule has 0 saturated carbocycles. The van der Waals surface area contributed by atoms with Crippen molar-refractivity contribution in [3.05, 3.63) is 35.7 Å². The molecular formula is C18H24N4O3. The maximum atomic E-state index is 12.9. The molecular weight excluding hydrogens is 320 g/mol. The normalized spacial score (nSPS) is 19.7. The smallest absolute Gasteiger partial charge is 0.229 e. The van der Waals surface area contributed by atoms with Crippen molar-refractivity contribution in [2.75, 3.05) is 32.6 Å². The fourth-order valence-corrected chi connectivity index (χ4v) is 3.28. The van der Waals surface area contributed by atoms with E-state index < -0.39 is 0 Å². The summed E-state index contributed by atoms with van der Waals surface area (Å²) in [6.45, 7) is 3.36. The van der Waals surface area contributed by atoms with Gasteiger partial charge in [0, 0.05) is 44.0 Å². The van der Waals surface area contributed by atoms with E-state index in [9.17, 15) is 4.79 Å². The van der Waals surface area contributed by atoms with Gasteiger partial charge in [-0.1, -0.05) is 0 Å². The number of methoxy groups -OCH3 is 2. The lowest BCUT2D eigenvalue weighted by molar-refractivity contribution is -0.119. The second-order valence-electron chi connectivity index (χ2n) is 6.33. The molecule has 1 amide bonds. The second-order valence-corrected chi connectivity index (χ2v) is 6.33. The first-order chi connectivity index (χ1) is 12.0. The third kappa shape index (κ3) is 3.46. The van der Waals surface area contributed by atoms with Gasteiger partial charge in [-0.2, -0.15) is 5.10 Å². The van der Waals surface area contributed by atoms with Crippen LogP contribution in [0.25, 0.3) is 0 Å². The van der Waals surface area contributed by atoms with Crippen LogP contribution in [0.5, 0.6) is 11.5 Å². The number of anilines is 1. The number of benzene rings is 1. The monoisotopic (exact) mass is 344 g/mol. The van der Waals surface area contributed by atoms with Crippen molar-refractivity contribution in [2.45, 2.75) is 12.8 Å². The Labute approximate surface area is 147 Å². The Morgan fingerprint density at radius 1 is 1.28 bits per heavy atom. The zero-order valence-corrected chi connectivity index (χ0v) is 15.0. The van der Waals surface area contributed by atoms with E-state index in [-0.39, 0.29) is 17.7 Å². The molecule has 2 heterocycles. The Kier molecular flexibility index (Phi) is 4.94. The Morgan fingerprint density at radius 2 is 2.00 bits per heavy atom. The first-order valence-electron chi connectivity index (χ1n) is 8.26. The molecule has 1 aromatic carbocycles. The van der Waals surface area contributed by atoms with Crippen LogP contribution in [0.15, 0.2) is 24.5 Å². The molecule has 2 atom stereocenters. The van der Waals surface area contributed by atoms with Crippen LogP contribution in [0, 0.1) is 12.8 Å². The van der Waals surface area contributed by atoms with Gasteiger partial charge in [0.15, 0.2) is 11.5 Å². The van der Waals surface area contributed by atoms with Crippen molar-refractivity contribution in [3.8, 4) is 11.5 Å². The van der Waals surface area contributed by atoms with Crippen molar-refractivity contribution < 1.29 is 14.3 Å². The molecule has 7 nitrogen and oxygen atoms in total. The molecule has 0 unspecified atom stereocenters. The molecule has 1 fully saturated rings. The van der Waals surface area contributed by atoms with E-state index >= 15 is 0 Å². The van der Waals surface area contributed by atoms with Crippen LogP contribution in [0.3, 0.4) is 0 Å². The van der Waals surface area contributed by atoms with Gasteiger partial charge in [-0.15, -0.1) is 0 Å². The van der Waals surface area contributed by atoms with Gasteiger partial charge in [-0.05, 0) is 24.1 Å². The van der Waals surface area contributed by atoms with Crippen molar-refractivity contribution in [1.82, 2.24) is 15.1 Å². The number of hydrogen-bond donors (Lipinski definition) is 2. The number of hydrogen-bond acceptors (Lipinski definition) is 5. The third-order valence-corrected chi connectivity index (χ3v) is 4.69. The quantitative estimate of drug-likeness (QED) is 0.863. The predicted octanol–water partition coefficient (Wildman–Crippen LogP) is 1.69. The lowest BCUT2D eigenvalue weighted by Gasteiger charge is -2.19. The lowest BCUT2D eigenvalue weighted by Crippen LogP contribution is -2.28. The summed E-state index contributed by atoms with van der Waals surface area (Å²) in [5, 5.41) is 10.6. The van der Waals surface area contributed by atoms with Gasteiger partial charge >= 0.3 is 0 Å². The number of carbonyl (C=O) groups is 1. The second kappa shape index (κ2) is 7.14. The van der Waals surface area contributed by atoms with Gasteiger partial charge < -0.3 is 20.1 Å². The fourth-order valence-electron chi connectivity index (χ4n) is 3.28. The zero-order valence-electron chi connectivity index (χ0n) is 15.0. The average Bonchev–Trinajstić information content (AvgIpc) is 3.24. The van der Waals surface area contributed by atoms with Crippen molar-refractivity contribution >= 4 is 11.6 Å². The molecule has 1 aliphatic rings. The molecule has 3 rings (SSSR count). The molecule has 0 bridgehead atoms. The minimum Gasteiger partial charge on any atom is -0.493 e. The Morgan fingerprint density at radius 3 is 2.64 bits per heavy atom. The highest BCUT2D eigenvalue weighted by Gasteiger charge is 2.35. The molecule has 134 valence electrons. The van der Waals surface area contributed by atoms with Crippen molar-refractivity contribution in [1.29, 1.82) is 0 Å². The number of carbonyl (C=O) groups excluding carboxylic acids is 1. The Hall–Kier alpha value is -2.54. The summed E-state index contributed by atoms with van der Waals surface area (Å²) in [5.41, 5.74) is 2.74. The van der Waals surface area contributed by atoms with E-state index in [0.29, 0.717) is 18.0 Å². The first-order valence-corrected chi connectivity index (χ1v) is 8.26. The van der Waals surface area contributed by atoms with Gasteiger partial charge in [0.2, 0.25) is 5.91 Å². The topological polar surface area (TPSA) is 77.4 Å². The Bertz CT molecular complexity index is 772. The van der Waals surface area contributed by atoms with Crippen LogP contribution in [0.2, 0.25) is 0 Å². The zero-order chi connectivity index (χ0) is 18.0. The molecule has 1 aliphatic heterocycles. The lowest BCUT2D eigenvalue weighted by atomic mass is 9.90. The van der Waals surface area contributed by atoms with Crippen LogP contribution in [-0.2, 0) is 11.8 Å². The van der Waals surface area contributed by atoms with Gasteiger partial charge in [-0.25, -0.2) is 0 Å². The first kappa shape index (κ1) is 17.3.